The van der Waals surface area contributed by atoms with Crippen LogP contribution in [0.1, 0.15) is 37.9 Å². The lowest BCUT2D eigenvalue weighted by molar-refractivity contribution is -0.139. The zero-order chi connectivity index (χ0) is 29.0. The molecule has 1 aliphatic heterocycles. The Hall–Kier alpha value is -3.96. The molecule has 40 heavy (non-hydrogen) atoms. The molecule has 11 heteroatoms. The molecule has 2 heterocycles. The van der Waals surface area contributed by atoms with E-state index in [4.69, 9.17) is 18.9 Å². The van der Waals surface area contributed by atoms with E-state index in [1.165, 1.54) is 29.9 Å². The van der Waals surface area contributed by atoms with Crippen molar-refractivity contribution in [3.8, 4) is 17.2 Å². The maximum absolute atomic E-state index is 13.9. The van der Waals surface area contributed by atoms with Crippen molar-refractivity contribution >= 4 is 45.3 Å². The molecule has 1 unspecified atom stereocenters. The van der Waals surface area contributed by atoms with Crippen molar-refractivity contribution in [3.63, 3.8) is 0 Å². The minimum atomic E-state index is -0.751. The second-order valence-corrected chi connectivity index (χ2v) is 10.5. The summed E-state index contributed by atoms with van der Waals surface area (Å²) < 4.78 is 24.0. The van der Waals surface area contributed by atoms with Crippen LogP contribution in [0.2, 0.25) is 0 Å². The lowest BCUT2D eigenvalue weighted by Crippen LogP contribution is -2.39. The molecule has 0 bridgehead atoms. The lowest BCUT2D eigenvalue weighted by atomic mass is 9.96. The van der Waals surface area contributed by atoms with Crippen LogP contribution >= 0.6 is 27.3 Å². The second-order valence-electron chi connectivity index (χ2n) is 8.60. The van der Waals surface area contributed by atoms with Crippen molar-refractivity contribution in [2.24, 2.45) is 4.99 Å². The van der Waals surface area contributed by atoms with Crippen LogP contribution in [0.5, 0.6) is 17.2 Å². The Balaban J connectivity index is 1.88. The topological polar surface area (TPSA) is 105 Å². The van der Waals surface area contributed by atoms with Crippen LogP contribution < -0.4 is 29.1 Å². The number of benzene rings is 2. The van der Waals surface area contributed by atoms with Gasteiger partial charge in [-0.15, -0.1) is 0 Å². The van der Waals surface area contributed by atoms with E-state index >= 15 is 0 Å². The van der Waals surface area contributed by atoms with Crippen LogP contribution in [0.25, 0.3) is 6.08 Å². The summed E-state index contributed by atoms with van der Waals surface area (Å²) in [5.41, 5.74) is 1.76. The van der Waals surface area contributed by atoms with Crippen molar-refractivity contribution in [1.82, 2.24) is 4.57 Å². The summed E-state index contributed by atoms with van der Waals surface area (Å²) in [5, 5.41) is 0. The molecule has 208 valence electrons. The van der Waals surface area contributed by atoms with Gasteiger partial charge in [0, 0.05) is 6.92 Å². The Morgan fingerprint density at radius 2 is 1.95 bits per heavy atom. The van der Waals surface area contributed by atoms with Gasteiger partial charge in [0.15, 0.2) is 16.3 Å². The monoisotopic (exact) mass is 626 g/mol. The molecule has 0 N–H and O–H groups in total. The molecule has 0 saturated heterocycles. The number of hydrogen-bond acceptors (Lipinski definition) is 9. The lowest BCUT2D eigenvalue weighted by Gasteiger charge is -2.24. The highest BCUT2D eigenvalue weighted by atomic mass is 79.9. The molecule has 0 amide bonds. The van der Waals surface area contributed by atoms with Gasteiger partial charge in [-0.25, -0.2) is 9.79 Å². The standard InChI is InChI=1S/C29H27BrN2O7S/c1-6-12-38-20-10-8-19(9-11-20)25-24(28(35)37-7-2)16(3)31-29-32(25)27(34)23(40-29)15-18-13-21(30)26(39-17(4)33)22(14-18)36-5/h6,8-11,13-15,25H,1,7,12H2,2-5H3/b23-15-. The number of ether oxygens (including phenoxy) is 4. The summed E-state index contributed by atoms with van der Waals surface area (Å²) in [4.78, 5) is 43.5. The molecule has 0 aliphatic carbocycles. The van der Waals surface area contributed by atoms with Gasteiger partial charge in [0.25, 0.3) is 5.56 Å². The number of carbonyl (C=O) groups is 2. The number of thiazole rings is 1. The van der Waals surface area contributed by atoms with Gasteiger partial charge in [0.05, 0.1) is 40.0 Å². The van der Waals surface area contributed by atoms with Gasteiger partial charge >= 0.3 is 11.9 Å². The maximum atomic E-state index is 13.9. The number of methoxy groups -OCH3 is 1. The highest BCUT2D eigenvalue weighted by Gasteiger charge is 2.33. The van der Waals surface area contributed by atoms with E-state index in [2.05, 4.69) is 27.5 Å². The van der Waals surface area contributed by atoms with Crippen molar-refractivity contribution < 1.29 is 28.5 Å². The first kappa shape index (κ1) is 29.0. The largest absolute Gasteiger partial charge is 0.493 e. The minimum Gasteiger partial charge on any atom is -0.493 e. The van der Waals surface area contributed by atoms with E-state index in [0.717, 1.165) is 0 Å². The molecule has 0 spiro atoms. The predicted molar refractivity (Wildman–Crippen MR) is 155 cm³/mol. The third-order valence-electron chi connectivity index (χ3n) is 5.88. The van der Waals surface area contributed by atoms with Gasteiger partial charge in [0.1, 0.15) is 12.4 Å². The number of rotatable bonds is 9. The number of nitrogens with zero attached hydrogens (tertiary/aromatic N) is 2. The van der Waals surface area contributed by atoms with Gasteiger partial charge in [-0.05, 0) is 71.2 Å². The molecule has 4 rings (SSSR count). The quantitative estimate of drug-likeness (QED) is 0.200. The molecule has 1 aliphatic rings. The normalized spacial score (nSPS) is 14.7. The van der Waals surface area contributed by atoms with E-state index < -0.39 is 18.0 Å². The SMILES string of the molecule is C=CCOc1ccc(C2C(C(=O)OCC)=C(C)N=c3s/c(=C\c4cc(Br)c(OC(C)=O)c(OC)c4)c(=O)n32)cc1. The molecule has 0 fully saturated rings. The van der Waals surface area contributed by atoms with Crippen LogP contribution in [0.15, 0.2) is 74.6 Å². The van der Waals surface area contributed by atoms with Crippen LogP contribution in [0.4, 0.5) is 0 Å². The number of esters is 2. The number of halogens is 1. The summed E-state index contributed by atoms with van der Waals surface area (Å²) >= 11 is 4.61. The van der Waals surface area contributed by atoms with Gasteiger partial charge in [-0.3, -0.25) is 14.2 Å². The van der Waals surface area contributed by atoms with Gasteiger partial charge in [-0.2, -0.15) is 0 Å². The van der Waals surface area contributed by atoms with Crippen molar-refractivity contribution in [3.05, 3.63) is 95.6 Å². The van der Waals surface area contributed by atoms with E-state index in [-0.39, 0.29) is 23.5 Å². The van der Waals surface area contributed by atoms with E-state index in [0.29, 0.717) is 48.7 Å². The Morgan fingerprint density at radius 3 is 2.58 bits per heavy atom. The van der Waals surface area contributed by atoms with Gasteiger partial charge < -0.3 is 18.9 Å². The number of fused-ring (bicyclic) bond motifs is 1. The molecular formula is C29H27BrN2O7S. The number of carbonyl (C=O) groups excluding carboxylic acids is 2. The molecule has 1 aromatic heterocycles. The first-order valence-corrected chi connectivity index (χ1v) is 13.9. The highest BCUT2D eigenvalue weighted by molar-refractivity contribution is 9.10. The molecular weight excluding hydrogens is 600 g/mol. The molecule has 9 nitrogen and oxygen atoms in total. The Kier molecular flexibility index (Phi) is 9.06. The molecule has 2 aromatic carbocycles. The zero-order valence-electron chi connectivity index (χ0n) is 22.4. The van der Waals surface area contributed by atoms with Crippen molar-refractivity contribution in [2.45, 2.75) is 26.8 Å². The zero-order valence-corrected chi connectivity index (χ0v) is 24.8. The Morgan fingerprint density at radius 1 is 1.23 bits per heavy atom. The van der Waals surface area contributed by atoms with Crippen LogP contribution in [0, 0.1) is 0 Å². The van der Waals surface area contributed by atoms with Crippen LogP contribution in [0.3, 0.4) is 0 Å². The van der Waals surface area contributed by atoms with Gasteiger partial charge in [-0.1, -0.05) is 36.1 Å². The summed E-state index contributed by atoms with van der Waals surface area (Å²) in [7, 11) is 1.46. The summed E-state index contributed by atoms with van der Waals surface area (Å²) in [6, 6.07) is 9.81. The Bertz CT molecular complexity index is 1690. The average Bonchev–Trinajstić information content (AvgIpc) is 3.22. The third kappa shape index (κ3) is 5.95. The maximum Gasteiger partial charge on any atom is 0.338 e. The highest BCUT2D eigenvalue weighted by Crippen LogP contribution is 2.37. The predicted octanol–water partition coefficient (Wildman–Crippen LogP) is 4.06. The summed E-state index contributed by atoms with van der Waals surface area (Å²) in [5.74, 6) is 0.161. The van der Waals surface area contributed by atoms with Crippen molar-refractivity contribution in [1.29, 1.82) is 0 Å². The summed E-state index contributed by atoms with van der Waals surface area (Å²) in [6.07, 6.45) is 3.34. The van der Waals surface area contributed by atoms with E-state index in [9.17, 15) is 14.4 Å². The second kappa shape index (κ2) is 12.5. The smallest absolute Gasteiger partial charge is 0.338 e. The van der Waals surface area contributed by atoms with Crippen LogP contribution in [-0.4, -0.2) is 36.8 Å². The molecule has 1 atom stereocenters. The molecule has 0 saturated carbocycles. The van der Waals surface area contributed by atoms with Crippen molar-refractivity contribution in [2.75, 3.05) is 20.3 Å². The first-order valence-electron chi connectivity index (χ1n) is 12.3. The van der Waals surface area contributed by atoms with E-state index in [1.54, 1.807) is 50.3 Å². The number of aromatic nitrogens is 1. The van der Waals surface area contributed by atoms with Gasteiger partial charge in [0.2, 0.25) is 0 Å². The van der Waals surface area contributed by atoms with E-state index in [1.807, 2.05) is 12.1 Å². The third-order valence-corrected chi connectivity index (χ3v) is 7.45. The first-order chi connectivity index (χ1) is 19.2. The Labute approximate surface area is 242 Å². The van der Waals surface area contributed by atoms with Crippen LogP contribution in [-0.2, 0) is 14.3 Å². The fourth-order valence-corrected chi connectivity index (χ4v) is 5.81. The number of allylic oxidation sites excluding steroid dienone is 1. The molecule has 3 aromatic rings. The average molecular weight is 628 g/mol. The number of hydrogen-bond donors (Lipinski definition) is 0. The molecule has 0 radical (unpaired) electrons. The fraction of sp³-hybridized carbons (Fsp3) is 0.241. The fourth-order valence-electron chi connectivity index (χ4n) is 4.23. The minimum absolute atomic E-state index is 0.182. The summed E-state index contributed by atoms with van der Waals surface area (Å²) in [6.45, 7) is 8.94.